The molecule has 0 aromatic rings. The van der Waals surface area contributed by atoms with E-state index in [1.807, 2.05) is 0 Å². The summed E-state index contributed by atoms with van der Waals surface area (Å²) in [4.78, 5) is 0. The standard InChI is InChI=1S/C7H15ClO3S/c1-2-3-4-5-6-12(9,10)11-7-8/h2-7H2,1H3. The normalized spacial score (nSPS) is 11.8. The van der Waals surface area contributed by atoms with E-state index in [-0.39, 0.29) is 11.8 Å². The van der Waals surface area contributed by atoms with Crippen molar-refractivity contribution in [3.05, 3.63) is 0 Å². The molecule has 5 heteroatoms. The Labute approximate surface area is 79.2 Å². The minimum atomic E-state index is -3.34. The third kappa shape index (κ3) is 6.88. The molecule has 0 aliphatic carbocycles. The Bertz CT molecular complexity index is 189. The first-order valence-electron chi connectivity index (χ1n) is 4.05. The van der Waals surface area contributed by atoms with Crippen molar-refractivity contribution >= 4 is 21.7 Å². The summed E-state index contributed by atoms with van der Waals surface area (Å²) in [5, 5.41) is 0. The van der Waals surface area contributed by atoms with Gasteiger partial charge in [0, 0.05) is 0 Å². The highest BCUT2D eigenvalue weighted by Crippen LogP contribution is 2.03. The first kappa shape index (κ1) is 12.2. The summed E-state index contributed by atoms with van der Waals surface area (Å²) in [5.41, 5.74) is 0. The molecule has 0 radical (unpaired) electrons. The first-order chi connectivity index (χ1) is 5.62. The molecule has 0 aliphatic rings. The molecule has 12 heavy (non-hydrogen) atoms. The second kappa shape index (κ2) is 6.69. The van der Waals surface area contributed by atoms with Crippen LogP contribution in [-0.2, 0) is 14.3 Å². The number of rotatable bonds is 7. The molecule has 0 spiro atoms. The molecule has 0 aliphatic heterocycles. The van der Waals surface area contributed by atoms with Gasteiger partial charge in [0.05, 0.1) is 5.75 Å². The topological polar surface area (TPSA) is 43.4 Å². The molecule has 0 saturated carbocycles. The minimum Gasteiger partial charge on any atom is -0.254 e. The molecule has 74 valence electrons. The number of alkyl halides is 1. The Morgan fingerprint density at radius 3 is 2.42 bits per heavy atom. The third-order valence-corrected chi connectivity index (χ3v) is 2.98. The summed E-state index contributed by atoms with van der Waals surface area (Å²) >= 11 is 5.12. The predicted octanol–water partition coefficient (Wildman–Crippen LogP) is 2.11. The monoisotopic (exact) mass is 214 g/mol. The van der Waals surface area contributed by atoms with E-state index in [4.69, 9.17) is 11.6 Å². The van der Waals surface area contributed by atoms with Gasteiger partial charge in [-0.15, -0.1) is 0 Å². The summed E-state index contributed by atoms with van der Waals surface area (Å²) < 4.78 is 26.1. The van der Waals surface area contributed by atoms with Crippen molar-refractivity contribution in [1.82, 2.24) is 0 Å². The summed E-state index contributed by atoms with van der Waals surface area (Å²) in [6.07, 6.45) is 3.75. The molecule has 0 amide bonds. The maximum Gasteiger partial charge on any atom is 0.268 e. The summed E-state index contributed by atoms with van der Waals surface area (Å²) in [7, 11) is -3.34. The lowest BCUT2D eigenvalue weighted by atomic mass is 10.2. The Hall–Kier alpha value is 0.200. The minimum absolute atomic E-state index is 0.0831. The average molecular weight is 215 g/mol. The zero-order chi connectivity index (χ0) is 9.45. The van der Waals surface area contributed by atoms with Crippen LogP contribution in [0, 0.1) is 0 Å². The SMILES string of the molecule is CCCCCCS(=O)(=O)OCCl. The van der Waals surface area contributed by atoms with Gasteiger partial charge < -0.3 is 0 Å². The van der Waals surface area contributed by atoms with Crippen molar-refractivity contribution in [2.75, 3.05) is 11.8 Å². The maximum atomic E-state index is 10.9. The number of hydrogen-bond acceptors (Lipinski definition) is 3. The third-order valence-electron chi connectivity index (χ3n) is 1.47. The molecule has 0 aromatic heterocycles. The lowest BCUT2D eigenvalue weighted by molar-refractivity contribution is 0.376. The van der Waals surface area contributed by atoms with Gasteiger partial charge >= 0.3 is 0 Å². The molecule has 0 saturated heterocycles. The van der Waals surface area contributed by atoms with E-state index in [1.54, 1.807) is 0 Å². The van der Waals surface area contributed by atoms with Gasteiger partial charge in [-0.1, -0.05) is 37.8 Å². The van der Waals surface area contributed by atoms with Crippen LogP contribution in [0.5, 0.6) is 0 Å². The predicted molar refractivity (Wildman–Crippen MR) is 49.7 cm³/mol. The smallest absolute Gasteiger partial charge is 0.254 e. The van der Waals surface area contributed by atoms with Crippen molar-refractivity contribution in [1.29, 1.82) is 0 Å². The van der Waals surface area contributed by atoms with Gasteiger partial charge in [-0.25, -0.2) is 0 Å². The van der Waals surface area contributed by atoms with Crippen LogP contribution in [0.4, 0.5) is 0 Å². The molecule has 0 unspecified atom stereocenters. The molecule has 0 rings (SSSR count). The maximum absolute atomic E-state index is 10.9. The molecule has 0 N–H and O–H groups in total. The van der Waals surface area contributed by atoms with Crippen molar-refractivity contribution in [2.24, 2.45) is 0 Å². The highest BCUT2D eigenvalue weighted by Gasteiger charge is 2.08. The quantitative estimate of drug-likeness (QED) is 0.370. The number of halogens is 1. The Balaban J connectivity index is 3.48. The summed E-state index contributed by atoms with van der Waals surface area (Å²) in [6, 6.07) is -0.282. The van der Waals surface area contributed by atoms with Gasteiger partial charge in [0.1, 0.15) is 6.07 Å². The van der Waals surface area contributed by atoms with Gasteiger partial charge in [0.2, 0.25) is 0 Å². The van der Waals surface area contributed by atoms with Crippen LogP contribution in [-0.4, -0.2) is 20.2 Å². The van der Waals surface area contributed by atoms with Gasteiger partial charge in [-0.3, -0.25) is 4.18 Å². The van der Waals surface area contributed by atoms with E-state index in [1.165, 1.54) is 0 Å². The van der Waals surface area contributed by atoms with Crippen LogP contribution in [0.15, 0.2) is 0 Å². The van der Waals surface area contributed by atoms with E-state index >= 15 is 0 Å². The second-order valence-electron chi connectivity index (χ2n) is 2.55. The first-order valence-corrected chi connectivity index (χ1v) is 6.16. The van der Waals surface area contributed by atoms with Crippen molar-refractivity contribution < 1.29 is 12.6 Å². The van der Waals surface area contributed by atoms with Gasteiger partial charge in [-0.2, -0.15) is 8.42 Å². The van der Waals surface area contributed by atoms with Crippen molar-refractivity contribution in [3.63, 3.8) is 0 Å². The molecule has 0 bridgehead atoms. The van der Waals surface area contributed by atoms with Crippen molar-refractivity contribution in [2.45, 2.75) is 32.6 Å². The molecule has 0 heterocycles. The Kier molecular flexibility index (Phi) is 6.80. The van der Waals surface area contributed by atoms with Gasteiger partial charge in [-0.05, 0) is 6.42 Å². The Morgan fingerprint density at radius 1 is 1.25 bits per heavy atom. The molecule has 0 atom stereocenters. The molecule has 0 fully saturated rings. The highest BCUT2D eigenvalue weighted by molar-refractivity contribution is 7.86. The van der Waals surface area contributed by atoms with Crippen LogP contribution < -0.4 is 0 Å². The molecule has 3 nitrogen and oxygen atoms in total. The van der Waals surface area contributed by atoms with E-state index in [9.17, 15) is 8.42 Å². The van der Waals surface area contributed by atoms with E-state index in [0.29, 0.717) is 6.42 Å². The number of unbranched alkanes of at least 4 members (excludes halogenated alkanes) is 3. The van der Waals surface area contributed by atoms with E-state index in [2.05, 4.69) is 11.1 Å². The largest absolute Gasteiger partial charge is 0.268 e. The van der Waals surface area contributed by atoms with Crippen LogP contribution in [0.3, 0.4) is 0 Å². The molecular formula is C7H15ClO3S. The summed E-state index contributed by atoms with van der Waals surface area (Å²) in [6.45, 7) is 2.07. The second-order valence-corrected chi connectivity index (χ2v) is 4.53. The zero-order valence-electron chi connectivity index (χ0n) is 7.25. The fraction of sp³-hybridized carbons (Fsp3) is 1.00. The van der Waals surface area contributed by atoms with Crippen LogP contribution in [0.25, 0.3) is 0 Å². The van der Waals surface area contributed by atoms with Gasteiger partial charge in [0.25, 0.3) is 10.1 Å². The highest BCUT2D eigenvalue weighted by atomic mass is 35.5. The van der Waals surface area contributed by atoms with Crippen molar-refractivity contribution in [3.8, 4) is 0 Å². The van der Waals surface area contributed by atoms with Crippen LogP contribution in [0.1, 0.15) is 32.6 Å². The number of hydrogen-bond donors (Lipinski definition) is 0. The zero-order valence-corrected chi connectivity index (χ0v) is 8.83. The fourth-order valence-electron chi connectivity index (χ4n) is 0.832. The molecular weight excluding hydrogens is 200 g/mol. The lowest BCUT2D eigenvalue weighted by Gasteiger charge is -2.01. The van der Waals surface area contributed by atoms with E-state index in [0.717, 1.165) is 19.3 Å². The average Bonchev–Trinajstić information content (AvgIpc) is 1.98. The molecule has 0 aromatic carbocycles. The van der Waals surface area contributed by atoms with Crippen LogP contribution in [0.2, 0.25) is 0 Å². The van der Waals surface area contributed by atoms with E-state index < -0.39 is 10.1 Å². The van der Waals surface area contributed by atoms with Crippen LogP contribution >= 0.6 is 11.6 Å². The Morgan fingerprint density at radius 2 is 1.92 bits per heavy atom. The lowest BCUT2D eigenvalue weighted by Crippen LogP contribution is -2.09. The summed E-state index contributed by atoms with van der Waals surface area (Å²) in [5.74, 6) is 0.0831. The fourth-order valence-corrected chi connectivity index (χ4v) is 2.05. The van der Waals surface area contributed by atoms with Gasteiger partial charge in [0.15, 0.2) is 0 Å².